The number of ether oxygens (including phenoxy) is 5. The Kier molecular flexibility index (Phi) is 6.12. The smallest absolute Gasteiger partial charge is 0.260 e. The predicted molar refractivity (Wildman–Crippen MR) is 116 cm³/mol. The molecular weight excluding hydrogens is 414 g/mol. The molecule has 8 heteroatoms. The summed E-state index contributed by atoms with van der Waals surface area (Å²) in [5, 5.41) is 0. The number of Topliss-reactive ketones (excluding diaryl/α,β-unsaturated/α-hetero) is 1. The van der Waals surface area contributed by atoms with E-state index < -0.39 is 5.60 Å². The minimum atomic E-state index is -0.637. The summed E-state index contributed by atoms with van der Waals surface area (Å²) in [6.45, 7) is 0.889. The van der Waals surface area contributed by atoms with E-state index in [1.165, 1.54) is 7.11 Å². The third kappa shape index (κ3) is 4.17. The highest BCUT2D eigenvalue weighted by Gasteiger charge is 2.45. The van der Waals surface area contributed by atoms with Crippen molar-refractivity contribution < 1.29 is 33.3 Å². The van der Waals surface area contributed by atoms with Crippen LogP contribution in [0.1, 0.15) is 29.6 Å². The molecule has 170 valence electrons. The fourth-order valence-electron chi connectivity index (χ4n) is 4.26. The summed E-state index contributed by atoms with van der Waals surface area (Å²) in [4.78, 5) is 27.4. The molecule has 2 aliphatic heterocycles. The number of carbonyl (C=O) groups excluding carboxylic acids is 2. The molecule has 0 radical (unpaired) electrons. The van der Waals surface area contributed by atoms with Crippen LogP contribution in [0.25, 0.3) is 0 Å². The van der Waals surface area contributed by atoms with Crippen LogP contribution in [0, 0.1) is 0 Å². The molecule has 2 aromatic carbocycles. The molecule has 0 bridgehead atoms. The van der Waals surface area contributed by atoms with E-state index in [-0.39, 0.29) is 24.7 Å². The lowest BCUT2D eigenvalue weighted by atomic mass is 9.82. The minimum absolute atomic E-state index is 0.0231. The first kappa shape index (κ1) is 21.8. The number of amides is 1. The summed E-state index contributed by atoms with van der Waals surface area (Å²) in [5.41, 5.74) is -0.190. The van der Waals surface area contributed by atoms with E-state index in [4.69, 9.17) is 23.7 Å². The van der Waals surface area contributed by atoms with Crippen molar-refractivity contribution in [3.63, 3.8) is 0 Å². The quantitative estimate of drug-likeness (QED) is 0.681. The molecular formula is C24H27NO7. The molecule has 2 heterocycles. The topological polar surface area (TPSA) is 83.5 Å². The van der Waals surface area contributed by atoms with Crippen molar-refractivity contribution in [2.75, 3.05) is 41.0 Å². The maximum Gasteiger partial charge on any atom is 0.260 e. The summed E-state index contributed by atoms with van der Waals surface area (Å²) in [6.07, 6.45) is 1.36. The highest BCUT2D eigenvalue weighted by molar-refractivity contribution is 6.03. The lowest BCUT2D eigenvalue weighted by Crippen LogP contribution is -2.53. The van der Waals surface area contributed by atoms with Gasteiger partial charge in [0.05, 0.1) is 27.8 Å². The Morgan fingerprint density at radius 1 is 1.00 bits per heavy atom. The van der Waals surface area contributed by atoms with E-state index in [9.17, 15) is 9.59 Å². The molecule has 1 fully saturated rings. The van der Waals surface area contributed by atoms with Gasteiger partial charge in [-0.25, -0.2) is 0 Å². The van der Waals surface area contributed by atoms with Crippen molar-refractivity contribution in [2.24, 2.45) is 0 Å². The molecule has 1 spiro atoms. The molecule has 4 rings (SSSR count). The van der Waals surface area contributed by atoms with Gasteiger partial charge in [-0.1, -0.05) is 12.1 Å². The fraction of sp³-hybridized carbons (Fsp3) is 0.417. The number of carbonyl (C=O) groups is 2. The molecule has 2 aliphatic rings. The average Bonchev–Trinajstić information content (AvgIpc) is 2.82. The number of hydrogen-bond donors (Lipinski definition) is 0. The number of likely N-dealkylation sites (tertiary alicyclic amines) is 1. The van der Waals surface area contributed by atoms with Gasteiger partial charge in [0.1, 0.15) is 28.4 Å². The normalized spacial score (nSPS) is 16.7. The molecule has 0 atom stereocenters. The number of benzene rings is 2. The zero-order chi connectivity index (χ0) is 22.7. The number of hydrogen-bond acceptors (Lipinski definition) is 7. The number of fused-ring (bicyclic) bond motifs is 1. The monoisotopic (exact) mass is 441 g/mol. The number of methoxy groups -OCH3 is 3. The molecule has 32 heavy (non-hydrogen) atoms. The van der Waals surface area contributed by atoms with Crippen LogP contribution >= 0.6 is 0 Å². The zero-order valence-corrected chi connectivity index (χ0v) is 18.5. The molecule has 0 aliphatic carbocycles. The summed E-state index contributed by atoms with van der Waals surface area (Å²) in [5.74, 6) is 2.44. The number of ketones is 1. The summed E-state index contributed by atoms with van der Waals surface area (Å²) in [6, 6.07) is 10.6. The summed E-state index contributed by atoms with van der Waals surface area (Å²) < 4.78 is 27.9. The van der Waals surface area contributed by atoms with Crippen molar-refractivity contribution in [1.82, 2.24) is 4.90 Å². The molecule has 0 N–H and O–H groups in total. The molecule has 2 aromatic rings. The summed E-state index contributed by atoms with van der Waals surface area (Å²) in [7, 11) is 4.63. The third-order valence-electron chi connectivity index (χ3n) is 6.03. The molecule has 1 saturated heterocycles. The van der Waals surface area contributed by atoms with Crippen molar-refractivity contribution in [3.05, 3.63) is 42.0 Å². The van der Waals surface area contributed by atoms with Gasteiger partial charge in [-0.3, -0.25) is 9.59 Å². The van der Waals surface area contributed by atoms with Crippen LogP contribution in [-0.2, 0) is 4.79 Å². The first-order valence-electron chi connectivity index (χ1n) is 10.5. The Hall–Kier alpha value is -3.42. The van der Waals surface area contributed by atoms with Crippen molar-refractivity contribution in [3.8, 4) is 28.7 Å². The van der Waals surface area contributed by atoms with Gasteiger partial charge in [0.25, 0.3) is 5.91 Å². The number of nitrogens with zero attached hydrogens (tertiary/aromatic N) is 1. The molecule has 0 unspecified atom stereocenters. The van der Waals surface area contributed by atoms with Crippen LogP contribution in [0.3, 0.4) is 0 Å². The van der Waals surface area contributed by atoms with Crippen LogP contribution < -0.4 is 23.7 Å². The van der Waals surface area contributed by atoms with Gasteiger partial charge in [-0.15, -0.1) is 0 Å². The largest absolute Gasteiger partial charge is 0.496 e. The van der Waals surface area contributed by atoms with Crippen LogP contribution in [0.15, 0.2) is 36.4 Å². The van der Waals surface area contributed by atoms with E-state index in [2.05, 4.69) is 0 Å². The molecule has 1 amide bonds. The van der Waals surface area contributed by atoms with E-state index >= 15 is 0 Å². The van der Waals surface area contributed by atoms with Crippen LogP contribution in [0.5, 0.6) is 28.7 Å². The van der Waals surface area contributed by atoms with Gasteiger partial charge >= 0.3 is 0 Å². The Balaban J connectivity index is 1.41. The number of para-hydroxylation sites is 2. The van der Waals surface area contributed by atoms with Crippen LogP contribution in [0.4, 0.5) is 0 Å². The lowest BCUT2D eigenvalue weighted by Gasteiger charge is -2.44. The maximum atomic E-state index is 13.0. The van der Waals surface area contributed by atoms with Gasteiger partial charge in [-0.05, 0) is 12.1 Å². The van der Waals surface area contributed by atoms with Gasteiger partial charge in [0.15, 0.2) is 23.9 Å². The van der Waals surface area contributed by atoms with Gasteiger partial charge in [-0.2, -0.15) is 0 Å². The second-order valence-electron chi connectivity index (χ2n) is 7.91. The lowest BCUT2D eigenvalue weighted by molar-refractivity contribution is -0.136. The minimum Gasteiger partial charge on any atom is -0.496 e. The highest BCUT2D eigenvalue weighted by atomic mass is 16.5. The van der Waals surface area contributed by atoms with E-state index in [1.54, 1.807) is 43.4 Å². The van der Waals surface area contributed by atoms with E-state index in [0.29, 0.717) is 60.2 Å². The Morgan fingerprint density at radius 2 is 1.69 bits per heavy atom. The summed E-state index contributed by atoms with van der Waals surface area (Å²) >= 11 is 0. The van der Waals surface area contributed by atoms with Crippen LogP contribution in [-0.4, -0.2) is 63.2 Å². The maximum absolute atomic E-state index is 13.0. The van der Waals surface area contributed by atoms with Crippen molar-refractivity contribution in [1.29, 1.82) is 0 Å². The number of piperidine rings is 1. The Morgan fingerprint density at radius 3 is 2.34 bits per heavy atom. The second kappa shape index (κ2) is 8.98. The standard InChI is InChI=1S/C24H27NO7/c1-28-16-12-20(30-3)23-17(26)14-24(32-21(23)13-16)8-10-25(11-9-24)22(27)15-31-19-7-5-4-6-18(19)29-2/h4-7,12-13H,8-11,14-15H2,1-3H3. The Bertz CT molecular complexity index is 1010. The second-order valence-corrected chi connectivity index (χ2v) is 7.91. The SMILES string of the molecule is COc1cc(OC)c2c(c1)OC1(CCN(C(=O)COc3ccccc3OC)CC1)CC2=O. The van der Waals surface area contributed by atoms with E-state index in [1.807, 2.05) is 12.1 Å². The molecule has 0 aromatic heterocycles. The van der Waals surface area contributed by atoms with Crippen LogP contribution in [0.2, 0.25) is 0 Å². The predicted octanol–water partition coefficient (Wildman–Crippen LogP) is 3.12. The van der Waals surface area contributed by atoms with Gasteiger partial charge < -0.3 is 28.6 Å². The van der Waals surface area contributed by atoms with Crippen molar-refractivity contribution in [2.45, 2.75) is 24.9 Å². The van der Waals surface area contributed by atoms with Gasteiger partial charge in [0.2, 0.25) is 0 Å². The Labute approximate surface area is 187 Å². The molecule has 0 saturated carbocycles. The third-order valence-corrected chi connectivity index (χ3v) is 6.03. The average molecular weight is 441 g/mol. The fourth-order valence-corrected chi connectivity index (χ4v) is 4.26. The first-order valence-corrected chi connectivity index (χ1v) is 10.5. The molecule has 8 nitrogen and oxygen atoms in total. The number of rotatable bonds is 6. The first-order chi connectivity index (χ1) is 15.5. The van der Waals surface area contributed by atoms with E-state index in [0.717, 1.165) is 0 Å². The van der Waals surface area contributed by atoms with Gasteiger partial charge in [0, 0.05) is 38.1 Å². The highest BCUT2D eigenvalue weighted by Crippen LogP contribution is 2.44. The van der Waals surface area contributed by atoms with Crippen molar-refractivity contribution >= 4 is 11.7 Å². The zero-order valence-electron chi connectivity index (χ0n) is 18.5.